The number of hydrogen-bond donors (Lipinski definition) is 1. The van der Waals surface area contributed by atoms with Gasteiger partial charge in [0, 0.05) is 38.1 Å². The van der Waals surface area contributed by atoms with Gasteiger partial charge in [-0.05, 0) is 30.3 Å². The predicted molar refractivity (Wildman–Crippen MR) is 78.5 cm³/mol. The Bertz CT molecular complexity index is 532. The van der Waals surface area contributed by atoms with Crippen LogP contribution in [-0.4, -0.2) is 18.7 Å². The molecule has 0 bridgehead atoms. The number of anilines is 2. The van der Waals surface area contributed by atoms with Crippen molar-refractivity contribution in [1.82, 2.24) is 4.57 Å². The lowest BCUT2D eigenvalue weighted by atomic mass is 10.2. The molecule has 1 N–H and O–H groups in total. The van der Waals surface area contributed by atoms with Gasteiger partial charge in [-0.25, -0.2) is 0 Å². The van der Waals surface area contributed by atoms with Gasteiger partial charge in [-0.1, -0.05) is 11.6 Å². The number of aromatic nitrogens is 1. The van der Waals surface area contributed by atoms with Crippen LogP contribution in [0.1, 0.15) is 5.69 Å². The molecule has 1 aromatic heterocycles. The van der Waals surface area contributed by atoms with E-state index in [1.807, 2.05) is 51.6 Å². The first kappa shape index (κ1) is 12.8. The van der Waals surface area contributed by atoms with E-state index in [0.717, 1.165) is 22.9 Å². The van der Waals surface area contributed by atoms with Crippen molar-refractivity contribution < 1.29 is 0 Å². The lowest BCUT2D eigenvalue weighted by Gasteiger charge is -2.19. The van der Waals surface area contributed by atoms with E-state index in [2.05, 4.69) is 20.9 Å². The summed E-state index contributed by atoms with van der Waals surface area (Å²) in [6.07, 6.45) is 2.04. The van der Waals surface area contributed by atoms with Crippen LogP contribution in [-0.2, 0) is 13.6 Å². The van der Waals surface area contributed by atoms with E-state index in [1.165, 1.54) is 5.69 Å². The Morgan fingerprint density at radius 1 is 1.28 bits per heavy atom. The highest BCUT2D eigenvalue weighted by Gasteiger charge is 2.06. The summed E-state index contributed by atoms with van der Waals surface area (Å²) in [4.78, 5) is 2.07. The average molecular weight is 264 g/mol. The van der Waals surface area contributed by atoms with Crippen molar-refractivity contribution in [2.24, 2.45) is 7.05 Å². The third-order valence-electron chi connectivity index (χ3n) is 2.95. The zero-order chi connectivity index (χ0) is 13.1. The molecule has 0 saturated carbocycles. The van der Waals surface area contributed by atoms with Gasteiger partial charge in [-0.3, -0.25) is 0 Å². The lowest BCUT2D eigenvalue weighted by Crippen LogP contribution is -2.12. The number of nitrogens with zero attached hydrogens (tertiary/aromatic N) is 2. The molecule has 1 aromatic carbocycles. The minimum absolute atomic E-state index is 0.745. The molecule has 0 unspecified atom stereocenters. The Labute approximate surface area is 113 Å². The van der Waals surface area contributed by atoms with Crippen molar-refractivity contribution in [1.29, 1.82) is 0 Å². The molecule has 0 spiro atoms. The molecule has 0 aliphatic carbocycles. The van der Waals surface area contributed by atoms with Gasteiger partial charge in [0.1, 0.15) is 0 Å². The third-order valence-corrected chi connectivity index (χ3v) is 3.19. The van der Waals surface area contributed by atoms with Crippen LogP contribution in [0, 0.1) is 0 Å². The molecule has 18 heavy (non-hydrogen) atoms. The fourth-order valence-electron chi connectivity index (χ4n) is 1.91. The molecular formula is C14H18ClN3. The van der Waals surface area contributed by atoms with E-state index in [-0.39, 0.29) is 0 Å². The SMILES string of the molecule is CN(C)c1ccc(Cl)cc1NCc1cccn1C. The van der Waals surface area contributed by atoms with Gasteiger partial charge in [0.2, 0.25) is 0 Å². The summed E-state index contributed by atoms with van der Waals surface area (Å²) < 4.78 is 2.10. The maximum atomic E-state index is 6.05. The molecule has 0 fully saturated rings. The molecule has 3 nitrogen and oxygen atoms in total. The van der Waals surface area contributed by atoms with Crippen LogP contribution in [0.15, 0.2) is 36.5 Å². The van der Waals surface area contributed by atoms with Gasteiger partial charge in [0.05, 0.1) is 17.9 Å². The Morgan fingerprint density at radius 2 is 2.06 bits per heavy atom. The summed E-state index contributed by atoms with van der Waals surface area (Å²) in [5, 5.41) is 4.18. The van der Waals surface area contributed by atoms with E-state index in [1.54, 1.807) is 0 Å². The highest BCUT2D eigenvalue weighted by atomic mass is 35.5. The Balaban J connectivity index is 2.18. The fraction of sp³-hybridized carbons (Fsp3) is 0.286. The van der Waals surface area contributed by atoms with Crippen LogP contribution in [0.4, 0.5) is 11.4 Å². The lowest BCUT2D eigenvalue weighted by molar-refractivity contribution is 0.842. The first-order chi connectivity index (χ1) is 8.58. The summed E-state index contributed by atoms with van der Waals surface area (Å²) in [7, 11) is 6.09. The molecule has 4 heteroatoms. The minimum Gasteiger partial charge on any atom is -0.378 e. The highest BCUT2D eigenvalue weighted by molar-refractivity contribution is 6.31. The molecular weight excluding hydrogens is 246 g/mol. The quantitative estimate of drug-likeness (QED) is 0.913. The van der Waals surface area contributed by atoms with Crippen LogP contribution in [0.5, 0.6) is 0 Å². The molecule has 1 heterocycles. The monoisotopic (exact) mass is 263 g/mol. The summed E-state index contributed by atoms with van der Waals surface area (Å²) in [5.74, 6) is 0. The molecule has 0 radical (unpaired) electrons. The zero-order valence-corrected chi connectivity index (χ0v) is 11.7. The standard InChI is InChI=1S/C14H18ClN3/c1-17(2)14-7-6-11(15)9-13(14)16-10-12-5-4-8-18(12)3/h4-9,16H,10H2,1-3H3. The van der Waals surface area contributed by atoms with Gasteiger partial charge in [0.25, 0.3) is 0 Å². The first-order valence-electron chi connectivity index (χ1n) is 5.89. The van der Waals surface area contributed by atoms with E-state index >= 15 is 0 Å². The van der Waals surface area contributed by atoms with Crippen molar-refractivity contribution in [3.05, 3.63) is 47.2 Å². The molecule has 2 rings (SSSR count). The van der Waals surface area contributed by atoms with Gasteiger partial charge < -0.3 is 14.8 Å². The minimum atomic E-state index is 0.745. The maximum absolute atomic E-state index is 6.05. The number of halogens is 1. The van der Waals surface area contributed by atoms with Crippen molar-refractivity contribution >= 4 is 23.0 Å². The van der Waals surface area contributed by atoms with E-state index < -0.39 is 0 Å². The molecule has 96 valence electrons. The smallest absolute Gasteiger partial charge is 0.0597 e. The molecule has 0 atom stereocenters. The summed E-state index contributed by atoms with van der Waals surface area (Å²) in [5.41, 5.74) is 3.42. The van der Waals surface area contributed by atoms with Crippen molar-refractivity contribution in [2.45, 2.75) is 6.54 Å². The van der Waals surface area contributed by atoms with Gasteiger partial charge in [0.15, 0.2) is 0 Å². The fourth-order valence-corrected chi connectivity index (χ4v) is 2.08. The topological polar surface area (TPSA) is 20.2 Å². The summed E-state index contributed by atoms with van der Waals surface area (Å²) in [6.45, 7) is 0.782. The van der Waals surface area contributed by atoms with Crippen LogP contribution >= 0.6 is 11.6 Å². The average Bonchev–Trinajstić information content (AvgIpc) is 2.72. The normalized spacial score (nSPS) is 10.4. The predicted octanol–water partition coefficient (Wildman–Crippen LogP) is 3.36. The molecule has 0 aliphatic rings. The third kappa shape index (κ3) is 2.79. The number of rotatable bonds is 4. The van der Waals surface area contributed by atoms with Gasteiger partial charge in [-0.15, -0.1) is 0 Å². The second-order valence-corrected chi connectivity index (χ2v) is 4.96. The first-order valence-corrected chi connectivity index (χ1v) is 6.26. The molecule has 0 aliphatic heterocycles. The van der Waals surface area contributed by atoms with Crippen LogP contribution in [0.25, 0.3) is 0 Å². The Morgan fingerprint density at radius 3 is 2.67 bits per heavy atom. The molecule has 0 amide bonds. The largest absolute Gasteiger partial charge is 0.378 e. The number of nitrogens with one attached hydrogen (secondary N) is 1. The van der Waals surface area contributed by atoms with E-state index in [0.29, 0.717) is 0 Å². The summed E-state index contributed by atoms with van der Waals surface area (Å²) >= 11 is 6.05. The second-order valence-electron chi connectivity index (χ2n) is 4.52. The number of benzene rings is 1. The second kappa shape index (κ2) is 5.36. The summed E-state index contributed by atoms with van der Waals surface area (Å²) in [6, 6.07) is 10.0. The van der Waals surface area contributed by atoms with E-state index in [9.17, 15) is 0 Å². The molecule has 0 saturated heterocycles. The van der Waals surface area contributed by atoms with Crippen LogP contribution in [0.2, 0.25) is 5.02 Å². The maximum Gasteiger partial charge on any atom is 0.0597 e. The van der Waals surface area contributed by atoms with Crippen LogP contribution in [0.3, 0.4) is 0 Å². The number of aryl methyl sites for hydroxylation is 1. The Hall–Kier alpha value is -1.61. The van der Waals surface area contributed by atoms with Crippen molar-refractivity contribution in [2.75, 3.05) is 24.3 Å². The van der Waals surface area contributed by atoms with Gasteiger partial charge >= 0.3 is 0 Å². The highest BCUT2D eigenvalue weighted by Crippen LogP contribution is 2.28. The molecule has 2 aromatic rings. The number of hydrogen-bond acceptors (Lipinski definition) is 2. The van der Waals surface area contributed by atoms with Crippen LogP contribution < -0.4 is 10.2 Å². The van der Waals surface area contributed by atoms with Crippen molar-refractivity contribution in [3.63, 3.8) is 0 Å². The van der Waals surface area contributed by atoms with Gasteiger partial charge in [-0.2, -0.15) is 0 Å². The van der Waals surface area contributed by atoms with Crippen molar-refractivity contribution in [3.8, 4) is 0 Å². The zero-order valence-electron chi connectivity index (χ0n) is 10.9. The van der Waals surface area contributed by atoms with E-state index in [4.69, 9.17) is 11.6 Å². The Kier molecular flexibility index (Phi) is 3.82.